The van der Waals surface area contributed by atoms with Crippen molar-refractivity contribution in [3.63, 3.8) is 0 Å². The Labute approximate surface area is 323 Å². The molecule has 10 aromatic rings. The van der Waals surface area contributed by atoms with Crippen molar-refractivity contribution in [2.75, 3.05) is 0 Å². The largest absolute Gasteiger partial charge is 0.246 e. The van der Waals surface area contributed by atoms with Gasteiger partial charge in [0.15, 0.2) is 17.5 Å². The van der Waals surface area contributed by atoms with Crippen LogP contribution >= 0.6 is 11.3 Å². The monoisotopic (exact) mass is 720 g/mol. The number of hydrogen-bond donors (Lipinski definition) is 0. The summed E-state index contributed by atoms with van der Waals surface area (Å²) in [4.78, 5) is 21.2. The minimum Gasteiger partial charge on any atom is -0.246 e. The number of thiophene rings is 1. The Morgan fingerprint density at radius 1 is 0.309 bits per heavy atom. The zero-order valence-corrected chi connectivity index (χ0v) is 30.5. The summed E-state index contributed by atoms with van der Waals surface area (Å²) < 4.78 is 1.20. The summed E-state index contributed by atoms with van der Waals surface area (Å²) in [5.41, 5.74) is 11.8. The zero-order valence-electron chi connectivity index (χ0n) is 29.7. The van der Waals surface area contributed by atoms with E-state index in [2.05, 4.69) is 133 Å². The van der Waals surface area contributed by atoms with Crippen molar-refractivity contribution in [1.29, 1.82) is 0 Å². The fourth-order valence-corrected chi connectivity index (χ4v) is 8.60. The second kappa shape index (κ2) is 14.0. The van der Waals surface area contributed by atoms with Gasteiger partial charge in [0.05, 0.1) is 15.9 Å². The maximum Gasteiger partial charge on any atom is 0.164 e. The number of benzene rings is 7. The van der Waals surface area contributed by atoms with Gasteiger partial charge >= 0.3 is 0 Å². The fraction of sp³-hybridized carbons (Fsp3) is 0. The second-order valence-electron chi connectivity index (χ2n) is 13.4. The van der Waals surface area contributed by atoms with Crippen LogP contribution in [0.1, 0.15) is 0 Å². The van der Waals surface area contributed by atoms with Crippen LogP contribution in [0.3, 0.4) is 0 Å². The third kappa shape index (κ3) is 6.17. The van der Waals surface area contributed by atoms with E-state index in [4.69, 9.17) is 19.9 Å². The molecule has 0 fully saturated rings. The highest BCUT2D eigenvalue weighted by Crippen LogP contribution is 2.50. The Bertz CT molecular complexity index is 2870. The molecule has 0 aliphatic heterocycles. The van der Waals surface area contributed by atoms with E-state index in [1.807, 2.05) is 72.0 Å². The first-order chi connectivity index (χ1) is 27.3. The summed E-state index contributed by atoms with van der Waals surface area (Å²) in [6.45, 7) is 0. The Hall–Kier alpha value is -7.08. The molecule has 0 atom stereocenters. The van der Waals surface area contributed by atoms with E-state index in [0.717, 1.165) is 50.0 Å². The highest BCUT2D eigenvalue weighted by Gasteiger charge is 2.22. The second-order valence-corrected chi connectivity index (χ2v) is 14.4. The minimum atomic E-state index is 0.643. The van der Waals surface area contributed by atoms with Crippen LogP contribution in [0.4, 0.5) is 0 Å². The summed E-state index contributed by atoms with van der Waals surface area (Å²) in [7, 11) is 0. The van der Waals surface area contributed by atoms with E-state index in [-0.39, 0.29) is 0 Å². The van der Waals surface area contributed by atoms with Crippen LogP contribution in [0.15, 0.2) is 194 Å². The Balaban J connectivity index is 1.06. The van der Waals surface area contributed by atoms with Gasteiger partial charge in [0.2, 0.25) is 0 Å². The summed E-state index contributed by atoms with van der Waals surface area (Å²) in [6.07, 6.45) is 0. The van der Waals surface area contributed by atoms with Crippen LogP contribution in [-0.4, -0.2) is 19.9 Å². The molecular weight excluding hydrogens is 689 g/mol. The summed E-state index contributed by atoms with van der Waals surface area (Å²) in [6, 6.07) is 67.4. The molecule has 0 N–H and O–H groups in total. The van der Waals surface area contributed by atoms with Gasteiger partial charge in [-0.25, -0.2) is 19.9 Å². The van der Waals surface area contributed by atoms with Gasteiger partial charge < -0.3 is 0 Å². The lowest BCUT2D eigenvalue weighted by Crippen LogP contribution is -2.00. The third-order valence-corrected chi connectivity index (χ3v) is 11.2. The lowest BCUT2D eigenvalue weighted by Gasteiger charge is -2.11. The molecule has 258 valence electrons. The van der Waals surface area contributed by atoms with E-state index in [0.29, 0.717) is 17.5 Å². The molecule has 0 bridgehead atoms. The molecule has 55 heavy (non-hydrogen) atoms. The smallest absolute Gasteiger partial charge is 0.164 e. The van der Waals surface area contributed by atoms with Gasteiger partial charge in [-0.2, -0.15) is 0 Å². The Morgan fingerprint density at radius 3 is 1.24 bits per heavy atom. The summed E-state index contributed by atoms with van der Waals surface area (Å²) >= 11 is 1.83. The standard InChI is InChI=1S/C50H32N4S/c1-5-15-36(16-6-1)45-47-44(41-23-13-14-24-42(41)51-45)43(46(55-47)37-17-7-2-8-18-37)35-29-25-33(26-30-35)34-27-31-40(32-28-34)50-53-48(38-19-9-3-10-20-38)52-49(54-50)39-21-11-4-12-22-39/h1-32H. The predicted octanol–water partition coefficient (Wildman–Crippen LogP) is 13.3. The van der Waals surface area contributed by atoms with Crippen molar-refractivity contribution in [3.05, 3.63) is 194 Å². The van der Waals surface area contributed by atoms with Crippen molar-refractivity contribution in [3.8, 4) is 78.1 Å². The molecule has 4 nitrogen and oxygen atoms in total. The number of rotatable bonds is 7. The molecular formula is C50H32N4S. The van der Waals surface area contributed by atoms with E-state index >= 15 is 0 Å². The lowest BCUT2D eigenvalue weighted by molar-refractivity contribution is 1.07. The molecule has 0 aliphatic rings. The molecule has 0 aliphatic carbocycles. The minimum absolute atomic E-state index is 0.643. The molecule has 3 aromatic heterocycles. The molecule has 0 radical (unpaired) electrons. The molecule has 5 heteroatoms. The number of hydrogen-bond acceptors (Lipinski definition) is 5. The van der Waals surface area contributed by atoms with E-state index in [1.54, 1.807) is 0 Å². The summed E-state index contributed by atoms with van der Waals surface area (Å²) in [5.74, 6) is 1.95. The number of nitrogens with zero attached hydrogens (tertiary/aromatic N) is 4. The molecule has 0 spiro atoms. The number of aromatic nitrogens is 4. The van der Waals surface area contributed by atoms with Crippen LogP contribution in [-0.2, 0) is 0 Å². The Morgan fingerprint density at radius 2 is 0.709 bits per heavy atom. The molecule has 0 saturated carbocycles. The molecule has 0 saturated heterocycles. The van der Waals surface area contributed by atoms with Crippen LogP contribution in [0.2, 0.25) is 0 Å². The maximum atomic E-state index is 5.24. The van der Waals surface area contributed by atoms with Crippen LogP contribution in [0.5, 0.6) is 0 Å². The average molecular weight is 721 g/mol. The van der Waals surface area contributed by atoms with Crippen molar-refractivity contribution < 1.29 is 0 Å². The number of fused-ring (bicyclic) bond motifs is 3. The first-order valence-corrected chi connectivity index (χ1v) is 19.1. The van der Waals surface area contributed by atoms with E-state index in [9.17, 15) is 0 Å². The maximum absolute atomic E-state index is 5.24. The van der Waals surface area contributed by atoms with Crippen LogP contribution in [0.25, 0.3) is 99.1 Å². The highest BCUT2D eigenvalue weighted by atomic mass is 32.1. The molecule has 0 unspecified atom stereocenters. The van der Waals surface area contributed by atoms with E-state index in [1.165, 1.54) is 31.7 Å². The van der Waals surface area contributed by atoms with Crippen LogP contribution in [0, 0.1) is 0 Å². The highest BCUT2D eigenvalue weighted by molar-refractivity contribution is 7.23. The number of para-hydroxylation sites is 1. The SMILES string of the molecule is c1ccc(-c2nc(-c3ccccc3)nc(-c3ccc(-c4ccc(-c5c(-c6ccccc6)sc6c(-c7ccccc7)nc7ccccc7c56)cc4)cc3)n2)cc1. The quantitative estimate of drug-likeness (QED) is 0.164. The van der Waals surface area contributed by atoms with Gasteiger partial charge in [-0.05, 0) is 28.3 Å². The van der Waals surface area contributed by atoms with Gasteiger partial charge in [0, 0.05) is 43.5 Å². The van der Waals surface area contributed by atoms with Gasteiger partial charge in [-0.1, -0.05) is 188 Å². The number of pyridine rings is 1. The van der Waals surface area contributed by atoms with Gasteiger partial charge in [0.1, 0.15) is 0 Å². The van der Waals surface area contributed by atoms with Crippen molar-refractivity contribution in [1.82, 2.24) is 19.9 Å². The van der Waals surface area contributed by atoms with Crippen molar-refractivity contribution in [2.24, 2.45) is 0 Å². The average Bonchev–Trinajstić information content (AvgIpc) is 3.68. The van der Waals surface area contributed by atoms with Gasteiger partial charge in [-0.3, -0.25) is 0 Å². The first kappa shape index (κ1) is 32.6. The topological polar surface area (TPSA) is 51.6 Å². The zero-order chi connectivity index (χ0) is 36.6. The van der Waals surface area contributed by atoms with E-state index < -0.39 is 0 Å². The molecule has 3 heterocycles. The predicted molar refractivity (Wildman–Crippen MR) is 229 cm³/mol. The fourth-order valence-electron chi connectivity index (χ4n) is 7.25. The normalized spacial score (nSPS) is 11.3. The molecule has 10 rings (SSSR count). The Kier molecular flexibility index (Phi) is 8.32. The molecule has 7 aromatic carbocycles. The van der Waals surface area contributed by atoms with Crippen molar-refractivity contribution in [2.45, 2.75) is 0 Å². The summed E-state index contributed by atoms with van der Waals surface area (Å²) in [5, 5.41) is 2.40. The van der Waals surface area contributed by atoms with Gasteiger partial charge in [-0.15, -0.1) is 11.3 Å². The van der Waals surface area contributed by atoms with Crippen molar-refractivity contribution >= 4 is 32.3 Å². The first-order valence-electron chi connectivity index (χ1n) is 18.3. The third-order valence-electron chi connectivity index (χ3n) is 9.96. The molecule has 0 amide bonds. The van der Waals surface area contributed by atoms with Gasteiger partial charge in [0.25, 0.3) is 0 Å². The van der Waals surface area contributed by atoms with Crippen LogP contribution < -0.4 is 0 Å². The lowest BCUT2D eigenvalue weighted by atomic mass is 9.94.